The summed E-state index contributed by atoms with van der Waals surface area (Å²) in [6, 6.07) is 5.15. The predicted octanol–water partition coefficient (Wildman–Crippen LogP) is 5.60. The molecule has 2 N–H and O–H groups in total. The molecule has 1 spiro atoms. The van der Waals surface area contributed by atoms with Crippen LogP contribution in [0.1, 0.15) is 89.5 Å². The standard InChI is InChI=1S/C45H50N4O12S/c1-20-12-24-13-26-27(16-46)49-28-17-56-42(52)45(25-15-29(54-8)30(14-23(25)10-11-47-45)60-43(53)61-44(4,5)6)18-62-41(35(49)34(48(26)7)31(24)36(51)37(20)55-9)33-32(28)40-39(57-19-58-40)21(2)38(33)59-22(3)50/h12,14-15,26-28,34-35,41,47,51H,10-11,13,17-19H2,1-9H3/t26-,27-,28+,34+,35?,41+,45+/m0/s1. The molecule has 7 atom stereocenters. The van der Waals surface area contributed by atoms with Crippen molar-refractivity contribution in [2.45, 2.75) is 101 Å². The molecule has 0 amide bonds. The summed E-state index contributed by atoms with van der Waals surface area (Å²) < 4.78 is 47.6. The number of esters is 2. The molecule has 7 aliphatic heterocycles. The normalized spacial score (nSPS) is 27.1. The Morgan fingerprint density at radius 1 is 1.00 bits per heavy atom. The first-order valence-corrected chi connectivity index (χ1v) is 21.7. The molecule has 7 heterocycles. The molecular weight excluding hydrogens is 821 g/mol. The number of thioether (sulfide) groups is 1. The summed E-state index contributed by atoms with van der Waals surface area (Å²) >= 11 is 1.45. The number of nitrogens with zero attached hydrogens (tertiary/aromatic N) is 3. The average Bonchev–Trinajstić information content (AvgIpc) is 3.70. The minimum Gasteiger partial charge on any atom is -0.504 e. The van der Waals surface area contributed by atoms with Gasteiger partial charge in [0.1, 0.15) is 24.0 Å². The van der Waals surface area contributed by atoms with Crippen molar-refractivity contribution in [3.63, 3.8) is 0 Å². The van der Waals surface area contributed by atoms with Gasteiger partial charge in [0.15, 0.2) is 40.0 Å². The van der Waals surface area contributed by atoms with E-state index in [0.29, 0.717) is 70.2 Å². The first-order valence-electron chi connectivity index (χ1n) is 20.6. The van der Waals surface area contributed by atoms with Crippen molar-refractivity contribution in [2.75, 3.05) is 47.0 Å². The number of nitriles is 1. The zero-order chi connectivity index (χ0) is 44.2. The Balaban J connectivity index is 1.27. The number of nitrogens with one attached hydrogen (secondary N) is 1. The second kappa shape index (κ2) is 15.1. The van der Waals surface area contributed by atoms with Gasteiger partial charge in [-0.05, 0) is 88.9 Å². The number of aryl methyl sites for hydroxylation is 1. The molecule has 0 aromatic heterocycles. The van der Waals surface area contributed by atoms with Gasteiger partial charge in [0, 0.05) is 53.6 Å². The molecule has 16 nitrogen and oxygen atoms in total. The number of fused-ring (bicyclic) bond motifs is 9. The van der Waals surface area contributed by atoms with E-state index in [9.17, 15) is 20.0 Å². The number of phenols is 1. The van der Waals surface area contributed by atoms with Crippen LogP contribution < -0.4 is 33.7 Å². The van der Waals surface area contributed by atoms with Gasteiger partial charge < -0.3 is 43.0 Å². The Labute approximate surface area is 363 Å². The number of carbonyl (C=O) groups is 3. The molecule has 0 radical (unpaired) electrons. The molecule has 3 aromatic carbocycles. The van der Waals surface area contributed by atoms with Gasteiger partial charge in [-0.2, -0.15) is 5.26 Å². The fourth-order valence-electron chi connectivity index (χ4n) is 10.6. The summed E-state index contributed by atoms with van der Waals surface area (Å²) in [6.45, 7) is 10.3. The minimum atomic E-state index is -1.45. The highest BCUT2D eigenvalue weighted by molar-refractivity contribution is 7.99. The van der Waals surface area contributed by atoms with Crippen molar-refractivity contribution in [1.82, 2.24) is 15.1 Å². The topological polar surface area (TPSA) is 188 Å². The highest BCUT2D eigenvalue weighted by Crippen LogP contribution is 2.64. The molecule has 328 valence electrons. The smallest absolute Gasteiger partial charge is 0.504 e. The van der Waals surface area contributed by atoms with E-state index in [-0.39, 0.29) is 42.4 Å². The number of benzene rings is 3. The lowest BCUT2D eigenvalue weighted by atomic mass is 9.71. The van der Waals surface area contributed by atoms with E-state index in [4.69, 9.17) is 37.9 Å². The average molecular weight is 871 g/mol. The largest absolute Gasteiger partial charge is 0.514 e. The number of phenolic OH excluding ortho intramolecular Hbond substituents is 1. The maximum Gasteiger partial charge on any atom is 0.514 e. The number of aromatic hydroxyl groups is 1. The molecule has 62 heavy (non-hydrogen) atoms. The van der Waals surface area contributed by atoms with Crippen LogP contribution in [0.5, 0.6) is 40.2 Å². The van der Waals surface area contributed by atoms with Crippen LogP contribution in [-0.2, 0) is 37.4 Å². The lowest BCUT2D eigenvalue weighted by molar-refractivity contribution is -0.157. The number of ether oxygens (including phenoxy) is 8. The Hall–Kier alpha value is -5.41. The quantitative estimate of drug-likeness (QED) is 0.187. The van der Waals surface area contributed by atoms with Crippen molar-refractivity contribution in [2.24, 2.45) is 0 Å². The molecule has 10 rings (SSSR count). The van der Waals surface area contributed by atoms with Crippen molar-refractivity contribution >= 4 is 29.9 Å². The first-order chi connectivity index (χ1) is 29.5. The van der Waals surface area contributed by atoms with Gasteiger partial charge >= 0.3 is 18.1 Å². The molecule has 2 fully saturated rings. The van der Waals surface area contributed by atoms with Gasteiger partial charge in [0.25, 0.3) is 0 Å². The van der Waals surface area contributed by atoms with E-state index in [2.05, 4.69) is 21.2 Å². The van der Waals surface area contributed by atoms with Gasteiger partial charge in [0.05, 0.1) is 37.6 Å². The van der Waals surface area contributed by atoms with Crippen LogP contribution in [0.2, 0.25) is 0 Å². The van der Waals surface area contributed by atoms with Gasteiger partial charge in [-0.1, -0.05) is 6.07 Å². The van der Waals surface area contributed by atoms with Crippen LogP contribution in [0.25, 0.3) is 0 Å². The minimum absolute atomic E-state index is 0.0238. The Morgan fingerprint density at radius 2 is 1.76 bits per heavy atom. The van der Waals surface area contributed by atoms with Crippen LogP contribution in [-0.4, -0.2) is 104 Å². The van der Waals surface area contributed by atoms with Crippen LogP contribution in [0, 0.1) is 25.2 Å². The highest BCUT2D eigenvalue weighted by atomic mass is 32.2. The number of hydrogen-bond donors (Lipinski definition) is 2. The molecule has 17 heteroatoms. The zero-order valence-corrected chi connectivity index (χ0v) is 36.9. The van der Waals surface area contributed by atoms with Gasteiger partial charge in [-0.3, -0.25) is 19.9 Å². The number of piperazine rings is 1. The van der Waals surface area contributed by atoms with Crippen molar-refractivity contribution in [3.05, 3.63) is 62.7 Å². The van der Waals surface area contributed by atoms with Gasteiger partial charge in [-0.15, -0.1) is 11.8 Å². The third-order valence-corrected chi connectivity index (χ3v) is 14.5. The van der Waals surface area contributed by atoms with Gasteiger partial charge in [0.2, 0.25) is 6.79 Å². The van der Waals surface area contributed by atoms with E-state index in [1.54, 1.807) is 32.9 Å². The van der Waals surface area contributed by atoms with Gasteiger partial charge in [-0.25, -0.2) is 9.59 Å². The third-order valence-electron chi connectivity index (χ3n) is 13.0. The Bertz CT molecular complexity index is 2460. The van der Waals surface area contributed by atoms with Crippen LogP contribution >= 0.6 is 11.8 Å². The molecule has 0 aliphatic carbocycles. The second-order valence-corrected chi connectivity index (χ2v) is 18.8. The monoisotopic (exact) mass is 870 g/mol. The van der Waals surface area contributed by atoms with Crippen molar-refractivity contribution < 1.29 is 57.4 Å². The summed E-state index contributed by atoms with van der Waals surface area (Å²) in [5.74, 6) is 0.906. The van der Waals surface area contributed by atoms with E-state index in [1.807, 2.05) is 27.0 Å². The molecule has 1 unspecified atom stereocenters. The summed E-state index contributed by atoms with van der Waals surface area (Å²) in [4.78, 5) is 45.3. The Morgan fingerprint density at radius 3 is 2.45 bits per heavy atom. The summed E-state index contributed by atoms with van der Waals surface area (Å²) in [5.41, 5.74) is 3.30. The van der Waals surface area contributed by atoms with E-state index < -0.39 is 58.7 Å². The summed E-state index contributed by atoms with van der Waals surface area (Å²) in [6.07, 6.45) is 0.0593. The SMILES string of the molecule is COc1cc2c(cc1OC(=O)OC(C)(C)C)CCN[C@]21CS[C@@H]2c3c(OC(C)=O)c(C)c4c(c3[C@@H](COC1=O)N1C2[C@H]2c3c(cc(C)c(OC)c3O)C[C@@H]([C@@H]1C#N)N2C)OCO4. The fraction of sp³-hybridized carbons (Fsp3) is 0.511. The molecule has 3 aromatic rings. The highest BCUT2D eigenvalue weighted by Gasteiger charge is 2.62. The third kappa shape index (κ3) is 6.31. The number of carbonyl (C=O) groups excluding carboxylic acids is 3. The van der Waals surface area contributed by atoms with Crippen molar-refractivity contribution in [3.8, 4) is 46.3 Å². The number of likely N-dealkylation sites (N-methyl/N-ethyl adjacent to an activating group) is 1. The molecule has 7 aliphatic rings. The van der Waals surface area contributed by atoms with E-state index >= 15 is 4.79 Å². The number of rotatable bonds is 4. The van der Waals surface area contributed by atoms with Crippen LogP contribution in [0.4, 0.5) is 4.79 Å². The fourth-order valence-corrected chi connectivity index (χ4v) is 12.3. The maximum absolute atomic E-state index is 15.0. The molecule has 0 saturated carbocycles. The predicted molar refractivity (Wildman–Crippen MR) is 223 cm³/mol. The summed E-state index contributed by atoms with van der Waals surface area (Å²) in [7, 11) is 4.96. The molecular formula is C45H50N4O12S. The maximum atomic E-state index is 15.0. The summed E-state index contributed by atoms with van der Waals surface area (Å²) in [5, 5.41) is 26.3. The van der Waals surface area contributed by atoms with Crippen molar-refractivity contribution in [1.29, 1.82) is 5.26 Å². The second-order valence-electron chi connectivity index (χ2n) is 17.6. The first kappa shape index (κ1) is 41.9. The lowest BCUT2D eigenvalue weighted by Gasteiger charge is -2.62. The zero-order valence-electron chi connectivity index (χ0n) is 36.1. The Kier molecular flexibility index (Phi) is 10.2. The van der Waals surface area contributed by atoms with E-state index in [0.717, 1.165) is 16.7 Å². The van der Waals surface area contributed by atoms with Crippen LogP contribution in [0.3, 0.4) is 0 Å². The number of methoxy groups -OCH3 is 2. The number of hydrogen-bond acceptors (Lipinski definition) is 17. The molecule has 2 saturated heterocycles. The lowest BCUT2D eigenvalue weighted by Crippen LogP contribution is -2.69. The molecule has 4 bridgehead atoms. The van der Waals surface area contributed by atoms with Crippen LogP contribution in [0.15, 0.2) is 18.2 Å². The van der Waals surface area contributed by atoms with E-state index in [1.165, 1.54) is 32.9 Å².